The highest BCUT2D eigenvalue weighted by molar-refractivity contribution is 5.46. The molecule has 18 heavy (non-hydrogen) atoms. The van der Waals surface area contributed by atoms with Crippen LogP contribution >= 0.6 is 0 Å². The fraction of sp³-hybridized carbons (Fsp3) is 0.500. The first-order chi connectivity index (χ1) is 8.72. The zero-order chi connectivity index (χ0) is 12.5. The Balaban J connectivity index is 1.92. The third kappa shape index (κ3) is 2.11. The van der Waals surface area contributed by atoms with Crippen molar-refractivity contribution in [1.82, 2.24) is 20.1 Å². The van der Waals surface area contributed by atoms with Crippen LogP contribution in [0, 0.1) is 13.8 Å². The lowest BCUT2D eigenvalue weighted by Crippen LogP contribution is -2.00. The van der Waals surface area contributed by atoms with Gasteiger partial charge in [-0.15, -0.1) is 0 Å². The summed E-state index contributed by atoms with van der Waals surface area (Å²) < 4.78 is 10.6. The zero-order valence-corrected chi connectivity index (χ0v) is 10.4. The molecule has 1 fully saturated rings. The number of ether oxygens (including phenoxy) is 1. The monoisotopic (exact) mass is 246 g/mol. The van der Waals surface area contributed by atoms with Crippen molar-refractivity contribution in [2.24, 2.45) is 0 Å². The number of aromatic nitrogens is 4. The van der Waals surface area contributed by atoms with Gasteiger partial charge in [0, 0.05) is 18.2 Å². The third-order valence-corrected chi connectivity index (χ3v) is 2.92. The van der Waals surface area contributed by atoms with Crippen molar-refractivity contribution in [2.45, 2.75) is 26.2 Å². The Kier molecular flexibility index (Phi) is 2.79. The van der Waals surface area contributed by atoms with E-state index in [1.54, 1.807) is 0 Å². The van der Waals surface area contributed by atoms with Gasteiger partial charge in [-0.3, -0.25) is 0 Å². The molecule has 94 valence electrons. The van der Waals surface area contributed by atoms with Crippen molar-refractivity contribution in [1.29, 1.82) is 0 Å². The van der Waals surface area contributed by atoms with E-state index in [4.69, 9.17) is 9.26 Å². The van der Waals surface area contributed by atoms with E-state index in [1.165, 1.54) is 0 Å². The van der Waals surface area contributed by atoms with Crippen LogP contribution in [0.3, 0.4) is 0 Å². The second kappa shape index (κ2) is 4.45. The summed E-state index contributed by atoms with van der Waals surface area (Å²) in [6.07, 6.45) is 0.945. The van der Waals surface area contributed by atoms with Gasteiger partial charge in [0.1, 0.15) is 11.5 Å². The highest BCUT2D eigenvalue weighted by Gasteiger charge is 2.23. The predicted octanol–water partition coefficient (Wildman–Crippen LogP) is 1.65. The van der Waals surface area contributed by atoms with Crippen molar-refractivity contribution in [3.05, 3.63) is 23.4 Å². The summed E-state index contributed by atoms with van der Waals surface area (Å²) in [5.41, 5.74) is 1.57. The standard InChI is InChI=1S/C12H14N4O2/c1-7-5-10(14-8(2)13-7)12-15-11(16-18-12)9-3-4-17-6-9/h5,9H,3-4,6H2,1-2H3. The molecule has 0 radical (unpaired) electrons. The minimum atomic E-state index is 0.242. The maximum Gasteiger partial charge on any atom is 0.276 e. The first-order valence-electron chi connectivity index (χ1n) is 5.96. The normalized spacial score (nSPS) is 19.3. The Hall–Kier alpha value is -1.82. The Morgan fingerprint density at radius 1 is 1.22 bits per heavy atom. The summed E-state index contributed by atoms with van der Waals surface area (Å²) in [5.74, 6) is 2.10. The molecule has 0 aliphatic carbocycles. The van der Waals surface area contributed by atoms with E-state index < -0.39 is 0 Å². The average molecular weight is 246 g/mol. The van der Waals surface area contributed by atoms with Crippen LogP contribution in [0.15, 0.2) is 10.6 Å². The second-order valence-corrected chi connectivity index (χ2v) is 4.46. The molecule has 6 heteroatoms. The summed E-state index contributed by atoms with van der Waals surface area (Å²) >= 11 is 0. The maximum absolute atomic E-state index is 5.32. The van der Waals surface area contributed by atoms with Crippen LogP contribution < -0.4 is 0 Å². The van der Waals surface area contributed by atoms with Gasteiger partial charge in [-0.25, -0.2) is 9.97 Å². The largest absolute Gasteiger partial charge is 0.381 e. The van der Waals surface area contributed by atoms with E-state index in [-0.39, 0.29) is 5.92 Å². The molecule has 2 aromatic rings. The van der Waals surface area contributed by atoms with Gasteiger partial charge in [0.05, 0.1) is 6.61 Å². The Morgan fingerprint density at radius 2 is 2.11 bits per heavy atom. The van der Waals surface area contributed by atoms with Gasteiger partial charge in [-0.2, -0.15) is 4.98 Å². The molecule has 2 aromatic heterocycles. The minimum absolute atomic E-state index is 0.242. The van der Waals surface area contributed by atoms with E-state index in [9.17, 15) is 0 Å². The van der Waals surface area contributed by atoms with Crippen molar-refractivity contribution >= 4 is 0 Å². The van der Waals surface area contributed by atoms with Crippen LogP contribution in [0.4, 0.5) is 0 Å². The number of rotatable bonds is 2. The molecule has 0 aromatic carbocycles. The lowest BCUT2D eigenvalue weighted by Gasteiger charge is -1.99. The molecule has 1 atom stereocenters. The molecule has 1 unspecified atom stereocenters. The van der Waals surface area contributed by atoms with E-state index in [0.29, 0.717) is 29.8 Å². The molecular weight excluding hydrogens is 232 g/mol. The van der Waals surface area contributed by atoms with Gasteiger partial charge in [0.2, 0.25) is 0 Å². The molecule has 0 spiro atoms. The molecule has 3 heterocycles. The smallest absolute Gasteiger partial charge is 0.276 e. The van der Waals surface area contributed by atoms with Gasteiger partial charge >= 0.3 is 0 Å². The molecule has 0 amide bonds. The lowest BCUT2D eigenvalue weighted by atomic mass is 10.1. The van der Waals surface area contributed by atoms with Crippen molar-refractivity contribution in [3.63, 3.8) is 0 Å². The fourth-order valence-corrected chi connectivity index (χ4v) is 2.07. The van der Waals surface area contributed by atoms with Crippen LogP contribution in [-0.2, 0) is 4.74 Å². The average Bonchev–Trinajstić information content (AvgIpc) is 2.99. The molecule has 1 aliphatic rings. The van der Waals surface area contributed by atoms with Crippen LogP contribution in [0.1, 0.15) is 29.7 Å². The number of nitrogens with zero attached hydrogens (tertiary/aromatic N) is 4. The summed E-state index contributed by atoms with van der Waals surface area (Å²) in [6.45, 7) is 5.19. The van der Waals surface area contributed by atoms with Gasteiger partial charge in [0.15, 0.2) is 5.82 Å². The maximum atomic E-state index is 5.32. The van der Waals surface area contributed by atoms with Gasteiger partial charge < -0.3 is 9.26 Å². The van der Waals surface area contributed by atoms with E-state index in [0.717, 1.165) is 18.7 Å². The van der Waals surface area contributed by atoms with Crippen molar-refractivity contribution in [3.8, 4) is 11.6 Å². The van der Waals surface area contributed by atoms with Crippen LogP contribution in [0.2, 0.25) is 0 Å². The molecule has 1 aliphatic heterocycles. The molecule has 0 saturated carbocycles. The molecule has 6 nitrogen and oxygen atoms in total. The fourth-order valence-electron chi connectivity index (χ4n) is 2.07. The van der Waals surface area contributed by atoms with Crippen molar-refractivity contribution < 1.29 is 9.26 Å². The molecule has 0 bridgehead atoms. The summed E-state index contributed by atoms with van der Waals surface area (Å²) in [5, 5.41) is 4.01. The van der Waals surface area contributed by atoms with E-state index >= 15 is 0 Å². The van der Waals surface area contributed by atoms with Crippen molar-refractivity contribution in [2.75, 3.05) is 13.2 Å². The Morgan fingerprint density at radius 3 is 2.83 bits per heavy atom. The molecule has 1 saturated heterocycles. The summed E-state index contributed by atoms with van der Waals surface area (Å²) in [4.78, 5) is 12.9. The van der Waals surface area contributed by atoms with E-state index in [1.807, 2.05) is 19.9 Å². The minimum Gasteiger partial charge on any atom is -0.381 e. The Labute approximate surface area is 104 Å². The van der Waals surface area contributed by atoms with Gasteiger partial charge in [-0.05, 0) is 26.3 Å². The first kappa shape index (κ1) is 11.3. The van der Waals surface area contributed by atoms with Crippen LogP contribution in [-0.4, -0.2) is 33.3 Å². The second-order valence-electron chi connectivity index (χ2n) is 4.46. The van der Waals surface area contributed by atoms with Gasteiger partial charge in [-0.1, -0.05) is 5.16 Å². The van der Waals surface area contributed by atoms with Crippen LogP contribution in [0.25, 0.3) is 11.6 Å². The summed E-state index contributed by atoms with van der Waals surface area (Å²) in [7, 11) is 0. The lowest BCUT2D eigenvalue weighted by molar-refractivity contribution is 0.192. The molecular formula is C12H14N4O2. The number of hydrogen-bond donors (Lipinski definition) is 0. The molecule has 3 rings (SSSR count). The van der Waals surface area contributed by atoms with Gasteiger partial charge in [0.25, 0.3) is 5.89 Å². The number of hydrogen-bond acceptors (Lipinski definition) is 6. The predicted molar refractivity (Wildman–Crippen MR) is 63.0 cm³/mol. The van der Waals surface area contributed by atoms with E-state index in [2.05, 4.69) is 20.1 Å². The molecule has 0 N–H and O–H groups in total. The highest BCUT2D eigenvalue weighted by atomic mass is 16.5. The topological polar surface area (TPSA) is 73.9 Å². The third-order valence-electron chi connectivity index (χ3n) is 2.92. The summed E-state index contributed by atoms with van der Waals surface area (Å²) in [6, 6.07) is 1.84. The zero-order valence-electron chi connectivity index (χ0n) is 10.4. The number of aryl methyl sites for hydroxylation is 2. The quantitative estimate of drug-likeness (QED) is 0.802. The Bertz CT molecular complexity index is 541. The highest BCUT2D eigenvalue weighted by Crippen LogP contribution is 2.25. The first-order valence-corrected chi connectivity index (χ1v) is 5.96. The SMILES string of the molecule is Cc1cc(-c2nc(C3CCOC3)no2)nc(C)n1. The van der Waals surface area contributed by atoms with Crippen LogP contribution in [0.5, 0.6) is 0 Å².